The first kappa shape index (κ1) is 19.4. The van der Waals surface area contributed by atoms with Gasteiger partial charge in [-0.2, -0.15) is 11.8 Å². The summed E-state index contributed by atoms with van der Waals surface area (Å²) in [5.74, 6) is 2.59. The van der Waals surface area contributed by atoms with Gasteiger partial charge in [0.1, 0.15) is 5.52 Å². The van der Waals surface area contributed by atoms with E-state index in [2.05, 4.69) is 36.5 Å². The Morgan fingerprint density at radius 1 is 1.00 bits per heavy atom. The van der Waals surface area contributed by atoms with Crippen molar-refractivity contribution in [1.82, 2.24) is 24.8 Å². The summed E-state index contributed by atoms with van der Waals surface area (Å²) in [6.07, 6.45) is 13.3. The number of carbonyl (C=O) groups is 1. The molecule has 2 aromatic rings. The monoisotopic (exact) mass is 413 g/mol. The van der Waals surface area contributed by atoms with Gasteiger partial charge < -0.3 is 14.8 Å². The van der Waals surface area contributed by atoms with E-state index in [0.717, 1.165) is 43.1 Å². The van der Waals surface area contributed by atoms with Crippen molar-refractivity contribution in [3.63, 3.8) is 0 Å². The van der Waals surface area contributed by atoms with Crippen LogP contribution in [0, 0.1) is 0 Å². The summed E-state index contributed by atoms with van der Waals surface area (Å²) < 4.78 is 2.20. The highest BCUT2D eigenvalue weighted by Crippen LogP contribution is 2.31. The molecular formula is C22H31N5OS. The van der Waals surface area contributed by atoms with E-state index >= 15 is 0 Å². The van der Waals surface area contributed by atoms with Crippen LogP contribution in [0.25, 0.3) is 11.2 Å². The Kier molecular flexibility index (Phi) is 5.77. The summed E-state index contributed by atoms with van der Waals surface area (Å²) in [6, 6.07) is 3.44. The Morgan fingerprint density at radius 3 is 2.52 bits per heavy atom. The van der Waals surface area contributed by atoms with E-state index in [4.69, 9.17) is 0 Å². The zero-order valence-corrected chi connectivity index (χ0v) is 17.9. The molecule has 7 heteroatoms. The number of hydrogen-bond donors (Lipinski definition) is 1. The normalized spacial score (nSPS) is 23.0. The molecule has 156 valence electrons. The lowest BCUT2D eigenvalue weighted by Crippen LogP contribution is -2.48. The number of pyridine rings is 1. The van der Waals surface area contributed by atoms with Crippen molar-refractivity contribution in [2.75, 3.05) is 24.6 Å². The van der Waals surface area contributed by atoms with Crippen molar-refractivity contribution < 1.29 is 4.79 Å². The largest absolute Gasteiger partial charge is 0.349 e. The number of hydrogen-bond acceptors (Lipinski definition) is 5. The smallest absolute Gasteiger partial charge is 0.253 e. The molecule has 2 aromatic heterocycles. The Hall–Kier alpha value is -1.60. The fraction of sp³-hybridized carbons (Fsp3) is 0.682. The molecule has 3 aliphatic rings. The first-order chi connectivity index (χ1) is 14.3. The van der Waals surface area contributed by atoms with Gasteiger partial charge in [0.2, 0.25) is 0 Å². The third-order valence-electron chi connectivity index (χ3n) is 6.97. The van der Waals surface area contributed by atoms with Gasteiger partial charge in [-0.05, 0) is 56.1 Å². The number of amides is 1. The number of nitrogens with zero attached hydrogens (tertiary/aromatic N) is 4. The summed E-state index contributed by atoms with van der Waals surface area (Å²) >= 11 is 2.08. The maximum absolute atomic E-state index is 12.8. The minimum atomic E-state index is -0.0117. The summed E-state index contributed by atoms with van der Waals surface area (Å²) in [7, 11) is 0. The van der Waals surface area contributed by atoms with Gasteiger partial charge in [0.15, 0.2) is 5.65 Å². The Morgan fingerprint density at radius 2 is 1.76 bits per heavy atom. The zero-order valence-electron chi connectivity index (χ0n) is 17.1. The molecule has 4 heterocycles. The minimum Gasteiger partial charge on any atom is -0.349 e. The molecule has 3 fully saturated rings. The van der Waals surface area contributed by atoms with Crippen LogP contribution >= 0.6 is 11.8 Å². The number of likely N-dealkylation sites (tertiary alicyclic amines) is 1. The maximum Gasteiger partial charge on any atom is 0.253 e. The number of nitrogens with one attached hydrogen (secondary N) is 1. The van der Waals surface area contributed by atoms with Crippen LogP contribution in [0.5, 0.6) is 0 Å². The van der Waals surface area contributed by atoms with E-state index in [9.17, 15) is 4.79 Å². The third-order valence-corrected chi connectivity index (χ3v) is 8.01. The Labute approximate surface area is 176 Å². The molecule has 0 bridgehead atoms. The molecule has 1 N–H and O–H groups in total. The van der Waals surface area contributed by atoms with Gasteiger partial charge in [0.25, 0.3) is 5.91 Å². The van der Waals surface area contributed by atoms with E-state index in [1.54, 1.807) is 6.20 Å². The van der Waals surface area contributed by atoms with Gasteiger partial charge in [-0.25, -0.2) is 9.97 Å². The lowest BCUT2D eigenvalue weighted by atomic mass is 10.0. The predicted molar refractivity (Wildman–Crippen MR) is 117 cm³/mol. The second-order valence-electron chi connectivity index (χ2n) is 8.78. The highest BCUT2D eigenvalue weighted by molar-refractivity contribution is 7.99. The number of carbonyl (C=O) groups excluding carboxylic acids is 1. The van der Waals surface area contributed by atoms with Crippen LogP contribution in [0.2, 0.25) is 0 Å². The standard InChI is InChI=1S/C22H31N5OS/c28-22(25-17-5-9-26(10-6-17)18-7-11-29-12-8-18)16-13-20-21(23-14-16)27(15-24-20)19-3-1-2-4-19/h13-15,17-19H,1-12H2,(H,25,28). The molecule has 2 saturated heterocycles. The van der Waals surface area contributed by atoms with Crippen molar-refractivity contribution in [2.45, 2.75) is 69.5 Å². The van der Waals surface area contributed by atoms with Gasteiger partial charge in [-0.1, -0.05) is 12.8 Å². The second-order valence-corrected chi connectivity index (χ2v) is 10.0. The Bertz CT molecular complexity index is 848. The van der Waals surface area contributed by atoms with E-state index in [1.165, 1.54) is 50.0 Å². The van der Waals surface area contributed by atoms with Gasteiger partial charge in [0.05, 0.1) is 11.9 Å². The molecule has 5 rings (SSSR count). The molecule has 6 nitrogen and oxygen atoms in total. The third kappa shape index (κ3) is 4.17. The second kappa shape index (κ2) is 8.64. The maximum atomic E-state index is 12.8. The van der Waals surface area contributed by atoms with E-state index in [1.807, 2.05) is 12.4 Å². The molecule has 0 unspecified atom stereocenters. The molecular weight excluding hydrogens is 382 g/mol. The number of thioether (sulfide) groups is 1. The fourth-order valence-electron chi connectivity index (χ4n) is 5.22. The van der Waals surface area contributed by atoms with Crippen molar-refractivity contribution in [1.29, 1.82) is 0 Å². The van der Waals surface area contributed by atoms with Crippen molar-refractivity contribution in [3.8, 4) is 0 Å². The van der Waals surface area contributed by atoms with Crippen LogP contribution in [0.1, 0.15) is 67.8 Å². The molecule has 1 saturated carbocycles. The lowest BCUT2D eigenvalue weighted by molar-refractivity contribution is 0.0886. The first-order valence-corrected chi connectivity index (χ1v) is 12.4. The van der Waals surface area contributed by atoms with Crippen LogP contribution in [0.15, 0.2) is 18.6 Å². The lowest BCUT2D eigenvalue weighted by Gasteiger charge is -2.39. The van der Waals surface area contributed by atoms with Crippen LogP contribution in [0.3, 0.4) is 0 Å². The summed E-state index contributed by atoms with van der Waals surface area (Å²) in [4.78, 5) is 24.6. The molecule has 2 aliphatic heterocycles. The predicted octanol–water partition coefficient (Wildman–Crippen LogP) is 3.64. The quantitative estimate of drug-likeness (QED) is 0.829. The van der Waals surface area contributed by atoms with Crippen LogP contribution < -0.4 is 5.32 Å². The molecule has 0 spiro atoms. The van der Waals surface area contributed by atoms with Gasteiger partial charge in [0, 0.05) is 37.4 Å². The molecule has 1 aliphatic carbocycles. The number of fused-ring (bicyclic) bond motifs is 1. The zero-order chi connectivity index (χ0) is 19.6. The van der Waals surface area contributed by atoms with Crippen molar-refractivity contribution in [2.24, 2.45) is 0 Å². The number of rotatable bonds is 4. The summed E-state index contributed by atoms with van der Waals surface area (Å²) in [5.41, 5.74) is 2.36. The average molecular weight is 414 g/mol. The number of imidazole rings is 1. The summed E-state index contributed by atoms with van der Waals surface area (Å²) in [5, 5.41) is 3.24. The molecule has 0 atom stereocenters. The van der Waals surface area contributed by atoms with Crippen molar-refractivity contribution in [3.05, 3.63) is 24.2 Å². The highest BCUT2D eigenvalue weighted by atomic mass is 32.2. The molecule has 29 heavy (non-hydrogen) atoms. The van der Waals surface area contributed by atoms with Gasteiger partial charge >= 0.3 is 0 Å². The molecule has 1 amide bonds. The highest BCUT2D eigenvalue weighted by Gasteiger charge is 2.27. The van der Waals surface area contributed by atoms with Crippen LogP contribution in [0.4, 0.5) is 0 Å². The minimum absolute atomic E-state index is 0.0117. The van der Waals surface area contributed by atoms with Gasteiger partial charge in [-0.15, -0.1) is 0 Å². The number of piperidine rings is 1. The van der Waals surface area contributed by atoms with Gasteiger partial charge in [-0.3, -0.25) is 4.79 Å². The topological polar surface area (TPSA) is 63.1 Å². The molecule has 0 aromatic carbocycles. The fourth-order valence-corrected chi connectivity index (χ4v) is 6.30. The van der Waals surface area contributed by atoms with Crippen molar-refractivity contribution >= 4 is 28.8 Å². The Balaban J connectivity index is 1.19. The number of aromatic nitrogens is 3. The summed E-state index contributed by atoms with van der Waals surface area (Å²) in [6.45, 7) is 2.20. The van der Waals surface area contributed by atoms with Crippen LogP contribution in [-0.4, -0.2) is 62.0 Å². The van der Waals surface area contributed by atoms with E-state index < -0.39 is 0 Å². The average Bonchev–Trinajstić information content (AvgIpc) is 3.44. The van der Waals surface area contributed by atoms with E-state index in [0.29, 0.717) is 11.6 Å². The first-order valence-electron chi connectivity index (χ1n) is 11.2. The molecule has 0 radical (unpaired) electrons. The van der Waals surface area contributed by atoms with E-state index in [-0.39, 0.29) is 11.9 Å². The SMILES string of the molecule is O=C(NC1CCN(C2CCSCC2)CC1)c1cnc2c(c1)ncn2C1CCCC1. The van der Waals surface area contributed by atoms with Crippen LogP contribution in [-0.2, 0) is 0 Å².